The van der Waals surface area contributed by atoms with Crippen LogP contribution in [0, 0.1) is 5.92 Å². The van der Waals surface area contributed by atoms with Gasteiger partial charge in [-0.3, -0.25) is 0 Å². The minimum atomic E-state index is -0.788. The highest BCUT2D eigenvalue weighted by Gasteiger charge is 2.46. The Hall–Kier alpha value is -0.110. The van der Waals surface area contributed by atoms with Gasteiger partial charge in [-0.15, -0.1) is 0 Å². The van der Waals surface area contributed by atoms with E-state index >= 15 is 0 Å². The van der Waals surface area contributed by atoms with Gasteiger partial charge >= 0.3 is 0 Å². The molecule has 3 fully saturated rings. The summed E-state index contributed by atoms with van der Waals surface area (Å²) in [6.07, 6.45) is 2.57. The molecule has 3 saturated heterocycles. The fourth-order valence-electron chi connectivity index (χ4n) is 2.49. The zero-order chi connectivity index (χ0) is 7.90. The molecule has 11 heavy (non-hydrogen) atoms. The van der Waals surface area contributed by atoms with E-state index in [2.05, 4.69) is 11.8 Å². The molecule has 64 valence electrons. The quantitative estimate of drug-likeness (QED) is 0.561. The van der Waals surface area contributed by atoms with Crippen LogP contribution in [0.1, 0.15) is 26.2 Å². The highest BCUT2D eigenvalue weighted by molar-refractivity contribution is 4.98. The second kappa shape index (κ2) is 2.44. The smallest absolute Gasteiger partial charge is 0.117 e. The lowest BCUT2D eigenvalue weighted by Crippen LogP contribution is -2.56. The molecule has 1 nitrogen and oxygen atoms in total. The van der Waals surface area contributed by atoms with Crippen LogP contribution in [0.15, 0.2) is 0 Å². The van der Waals surface area contributed by atoms with Crippen LogP contribution >= 0.6 is 0 Å². The van der Waals surface area contributed by atoms with E-state index in [1.807, 2.05) is 0 Å². The Morgan fingerprint density at radius 2 is 2.09 bits per heavy atom. The molecule has 3 heterocycles. The number of piperidine rings is 3. The number of hydrogen-bond acceptors (Lipinski definition) is 1. The number of nitrogens with zero attached hydrogens (tertiary/aromatic N) is 1. The molecule has 0 radical (unpaired) electrons. The molecule has 0 saturated carbocycles. The Morgan fingerprint density at radius 3 is 2.45 bits per heavy atom. The van der Waals surface area contributed by atoms with Gasteiger partial charge in [0.25, 0.3) is 0 Å². The lowest BCUT2D eigenvalue weighted by Gasteiger charge is -2.48. The number of hydrogen-bond donors (Lipinski definition) is 0. The van der Waals surface area contributed by atoms with Gasteiger partial charge in [-0.1, -0.05) is 6.92 Å². The van der Waals surface area contributed by atoms with Crippen LogP contribution in [0.2, 0.25) is 0 Å². The zero-order valence-corrected chi connectivity index (χ0v) is 7.15. The highest BCUT2D eigenvalue weighted by atomic mass is 19.1. The van der Waals surface area contributed by atoms with Crippen LogP contribution in [0.4, 0.5) is 4.39 Å². The van der Waals surface area contributed by atoms with E-state index in [9.17, 15) is 4.39 Å². The van der Waals surface area contributed by atoms with Gasteiger partial charge in [0.2, 0.25) is 0 Å². The normalized spacial score (nSPS) is 49.6. The minimum Gasteiger partial charge on any atom is -0.303 e. The van der Waals surface area contributed by atoms with E-state index in [0.29, 0.717) is 5.92 Å². The summed E-state index contributed by atoms with van der Waals surface area (Å²) in [5.41, 5.74) is -0.788. The van der Waals surface area contributed by atoms with Crippen LogP contribution in [0.25, 0.3) is 0 Å². The number of rotatable bonds is 1. The summed E-state index contributed by atoms with van der Waals surface area (Å²) < 4.78 is 14.0. The molecule has 0 N–H and O–H groups in total. The lowest BCUT2D eigenvalue weighted by molar-refractivity contribution is -0.0609. The van der Waals surface area contributed by atoms with Gasteiger partial charge in [0.15, 0.2) is 0 Å². The van der Waals surface area contributed by atoms with Crippen molar-refractivity contribution >= 4 is 0 Å². The Balaban J connectivity index is 2.13. The first kappa shape index (κ1) is 7.53. The lowest BCUT2D eigenvalue weighted by atomic mass is 9.75. The van der Waals surface area contributed by atoms with Gasteiger partial charge in [-0.05, 0) is 19.3 Å². The van der Waals surface area contributed by atoms with Crippen molar-refractivity contribution in [2.75, 3.05) is 19.6 Å². The molecule has 0 amide bonds. The Kier molecular flexibility index (Phi) is 1.67. The standard InChI is InChI=1S/C9H16FN/c1-2-8-7-11-5-3-9(8,10)4-6-11/h8H,2-7H2,1H3. The summed E-state index contributed by atoms with van der Waals surface area (Å²) in [5.74, 6) is 0.324. The molecule has 3 rings (SSSR count). The average Bonchev–Trinajstić information content (AvgIpc) is 2.05. The first-order valence-electron chi connectivity index (χ1n) is 4.66. The fraction of sp³-hybridized carbons (Fsp3) is 1.00. The van der Waals surface area contributed by atoms with Crippen molar-refractivity contribution in [2.24, 2.45) is 5.92 Å². The van der Waals surface area contributed by atoms with E-state index in [-0.39, 0.29) is 0 Å². The number of alkyl halides is 1. The summed E-state index contributed by atoms with van der Waals surface area (Å²) in [6, 6.07) is 0. The van der Waals surface area contributed by atoms with Crippen LogP contribution in [0.5, 0.6) is 0 Å². The van der Waals surface area contributed by atoms with E-state index in [0.717, 1.165) is 38.9 Å². The maximum absolute atomic E-state index is 14.0. The second-order valence-electron chi connectivity index (χ2n) is 3.94. The molecule has 3 aliphatic heterocycles. The molecule has 2 bridgehead atoms. The van der Waals surface area contributed by atoms with Crippen molar-refractivity contribution in [1.29, 1.82) is 0 Å². The van der Waals surface area contributed by atoms with E-state index in [4.69, 9.17) is 0 Å². The third kappa shape index (κ3) is 1.08. The third-order valence-electron chi connectivity index (χ3n) is 3.39. The van der Waals surface area contributed by atoms with Crippen LogP contribution in [-0.2, 0) is 0 Å². The predicted octanol–water partition coefficient (Wildman–Crippen LogP) is 1.83. The molecule has 0 aromatic heterocycles. The summed E-state index contributed by atoms with van der Waals surface area (Å²) in [5, 5.41) is 0. The number of fused-ring (bicyclic) bond motifs is 3. The molecule has 1 atom stereocenters. The average molecular weight is 157 g/mol. The maximum atomic E-state index is 14.0. The fourth-order valence-corrected chi connectivity index (χ4v) is 2.49. The summed E-state index contributed by atoms with van der Waals surface area (Å²) in [4.78, 5) is 2.40. The first-order chi connectivity index (χ1) is 5.24. The van der Waals surface area contributed by atoms with Gasteiger partial charge in [-0.25, -0.2) is 4.39 Å². The number of halogens is 1. The Labute approximate surface area is 67.6 Å². The molecule has 2 heteroatoms. The summed E-state index contributed by atoms with van der Waals surface area (Å²) >= 11 is 0. The SMILES string of the molecule is CCC1CN2CCC1(F)CC2. The topological polar surface area (TPSA) is 3.24 Å². The maximum Gasteiger partial charge on any atom is 0.117 e. The van der Waals surface area contributed by atoms with Crippen molar-refractivity contribution in [3.05, 3.63) is 0 Å². The molecule has 0 aromatic carbocycles. The first-order valence-corrected chi connectivity index (χ1v) is 4.66. The molecular formula is C9H16FN. The van der Waals surface area contributed by atoms with Gasteiger partial charge in [-0.2, -0.15) is 0 Å². The molecular weight excluding hydrogens is 141 g/mol. The van der Waals surface area contributed by atoms with Crippen LogP contribution in [-0.4, -0.2) is 30.2 Å². The third-order valence-corrected chi connectivity index (χ3v) is 3.39. The predicted molar refractivity (Wildman–Crippen MR) is 43.3 cm³/mol. The summed E-state index contributed by atoms with van der Waals surface area (Å²) in [7, 11) is 0. The summed E-state index contributed by atoms with van der Waals surface area (Å²) in [6.45, 7) is 5.10. The van der Waals surface area contributed by atoms with Gasteiger partial charge < -0.3 is 4.90 Å². The van der Waals surface area contributed by atoms with E-state index in [1.54, 1.807) is 0 Å². The largest absolute Gasteiger partial charge is 0.303 e. The van der Waals surface area contributed by atoms with Crippen molar-refractivity contribution in [2.45, 2.75) is 31.9 Å². The van der Waals surface area contributed by atoms with Crippen molar-refractivity contribution in [1.82, 2.24) is 4.90 Å². The van der Waals surface area contributed by atoms with Crippen molar-refractivity contribution in [3.63, 3.8) is 0 Å². The van der Waals surface area contributed by atoms with Crippen molar-refractivity contribution < 1.29 is 4.39 Å². The molecule has 0 aromatic rings. The van der Waals surface area contributed by atoms with E-state index < -0.39 is 5.67 Å². The molecule has 3 aliphatic rings. The monoisotopic (exact) mass is 157 g/mol. The van der Waals surface area contributed by atoms with Crippen LogP contribution in [0.3, 0.4) is 0 Å². The van der Waals surface area contributed by atoms with Crippen molar-refractivity contribution in [3.8, 4) is 0 Å². The zero-order valence-electron chi connectivity index (χ0n) is 7.15. The minimum absolute atomic E-state index is 0.324. The van der Waals surface area contributed by atoms with Crippen LogP contribution < -0.4 is 0 Å². The van der Waals surface area contributed by atoms with Gasteiger partial charge in [0.1, 0.15) is 5.67 Å². The molecule has 0 spiro atoms. The van der Waals surface area contributed by atoms with E-state index in [1.165, 1.54) is 0 Å². The second-order valence-corrected chi connectivity index (χ2v) is 3.94. The molecule has 0 aliphatic carbocycles. The van der Waals surface area contributed by atoms with Gasteiger partial charge in [0.05, 0.1) is 0 Å². The van der Waals surface area contributed by atoms with Gasteiger partial charge in [0, 0.05) is 25.6 Å². The highest BCUT2D eigenvalue weighted by Crippen LogP contribution is 2.41. The Bertz CT molecular complexity index is 150. The molecule has 1 unspecified atom stereocenters. The Morgan fingerprint density at radius 1 is 1.45 bits per heavy atom.